The van der Waals surface area contributed by atoms with Crippen LogP contribution in [0.1, 0.15) is 10.4 Å². The molecule has 0 aliphatic heterocycles. The molecule has 144 valence electrons. The topological polar surface area (TPSA) is 60.7 Å². The first kappa shape index (κ1) is 19.6. The largest absolute Gasteiger partial charge is 0.293 e. The first-order chi connectivity index (χ1) is 14.1. The number of ketones is 1. The van der Waals surface area contributed by atoms with E-state index in [4.69, 9.17) is 23.2 Å². The van der Waals surface area contributed by atoms with Crippen LogP contribution >= 0.6 is 35.0 Å². The minimum absolute atomic E-state index is 0.0137. The van der Waals surface area contributed by atoms with Crippen LogP contribution in [0.15, 0.2) is 78.2 Å². The molecule has 2 aromatic heterocycles. The summed E-state index contributed by atoms with van der Waals surface area (Å²) in [5, 5.41) is 10.5. The van der Waals surface area contributed by atoms with E-state index < -0.39 is 0 Å². The minimum Gasteiger partial charge on any atom is -0.293 e. The average molecular weight is 441 g/mol. The quantitative estimate of drug-likeness (QED) is 0.288. The Labute approximate surface area is 181 Å². The molecule has 0 aliphatic rings. The standard InChI is InChI=1S/C21H14Cl2N4OS/c22-16-5-3-14(4-6-16)19(28)13-29-21-26-25-20(15-2-1-11-24-12-15)27(21)18-9-7-17(23)8-10-18/h1-12H,13H2. The van der Waals surface area contributed by atoms with Crippen LogP contribution < -0.4 is 0 Å². The van der Waals surface area contributed by atoms with E-state index >= 15 is 0 Å². The van der Waals surface area contributed by atoms with Crippen LogP contribution in [0.3, 0.4) is 0 Å². The zero-order valence-corrected chi connectivity index (χ0v) is 17.3. The molecular formula is C21H14Cl2N4OS. The lowest BCUT2D eigenvalue weighted by molar-refractivity contribution is 0.102. The van der Waals surface area contributed by atoms with Crippen molar-refractivity contribution in [1.82, 2.24) is 19.7 Å². The molecule has 0 bridgehead atoms. The lowest BCUT2D eigenvalue weighted by atomic mass is 10.1. The summed E-state index contributed by atoms with van der Waals surface area (Å²) in [5.74, 6) is 0.850. The van der Waals surface area contributed by atoms with Crippen molar-refractivity contribution >= 4 is 40.7 Å². The first-order valence-corrected chi connectivity index (χ1v) is 10.4. The number of hydrogen-bond acceptors (Lipinski definition) is 5. The van der Waals surface area contributed by atoms with Gasteiger partial charge in [0.05, 0.1) is 5.75 Å². The van der Waals surface area contributed by atoms with Crippen molar-refractivity contribution in [2.75, 3.05) is 5.75 Å². The molecule has 0 saturated carbocycles. The molecule has 0 amide bonds. The molecule has 8 heteroatoms. The van der Waals surface area contributed by atoms with Gasteiger partial charge in [-0.05, 0) is 60.7 Å². The Bertz CT molecular complexity index is 1130. The van der Waals surface area contributed by atoms with Gasteiger partial charge in [0, 0.05) is 39.3 Å². The van der Waals surface area contributed by atoms with Gasteiger partial charge in [0.25, 0.3) is 0 Å². The molecule has 0 N–H and O–H groups in total. The number of thioether (sulfide) groups is 1. The van der Waals surface area contributed by atoms with Gasteiger partial charge in [-0.3, -0.25) is 14.3 Å². The highest BCUT2D eigenvalue weighted by molar-refractivity contribution is 7.99. The van der Waals surface area contributed by atoms with Gasteiger partial charge >= 0.3 is 0 Å². The van der Waals surface area contributed by atoms with E-state index in [0.29, 0.717) is 26.6 Å². The van der Waals surface area contributed by atoms with E-state index in [0.717, 1.165) is 11.3 Å². The smallest absolute Gasteiger partial charge is 0.196 e. The van der Waals surface area contributed by atoms with E-state index in [2.05, 4.69) is 15.2 Å². The number of halogens is 2. The van der Waals surface area contributed by atoms with Gasteiger partial charge < -0.3 is 0 Å². The van der Waals surface area contributed by atoms with Gasteiger partial charge in [-0.2, -0.15) is 0 Å². The maximum absolute atomic E-state index is 12.5. The molecule has 0 radical (unpaired) electrons. The zero-order chi connectivity index (χ0) is 20.2. The number of carbonyl (C=O) groups is 1. The van der Waals surface area contributed by atoms with E-state index in [1.165, 1.54) is 11.8 Å². The fraction of sp³-hybridized carbons (Fsp3) is 0.0476. The van der Waals surface area contributed by atoms with E-state index in [1.54, 1.807) is 48.8 Å². The van der Waals surface area contributed by atoms with E-state index in [-0.39, 0.29) is 11.5 Å². The minimum atomic E-state index is -0.0137. The monoisotopic (exact) mass is 440 g/mol. The van der Waals surface area contributed by atoms with Crippen LogP contribution in [0.4, 0.5) is 0 Å². The molecule has 4 aromatic rings. The second-order valence-electron chi connectivity index (χ2n) is 6.08. The number of hydrogen-bond donors (Lipinski definition) is 0. The van der Waals surface area contributed by atoms with Crippen LogP contribution in [0.2, 0.25) is 10.0 Å². The molecule has 4 rings (SSSR count). The summed E-state index contributed by atoms with van der Waals surface area (Å²) >= 11 is 13.3. The predicted molar refractivity (Wildman–Crippen MR) is 116 cm³/mol. The van der Waals surface area contributed by atoms with Crippen LogP contribution in [0, 0.1) is 0 Å². The molecule has 2 heterocycles. The number of nitrogens with zero attached hydrogens (tertiary/aromatic N) is 4. The number of Topliss-reactive ketones (excluding diaryl/α,β-unsaturated/α-hetero) is 1. The average Bonchev–Trinajstić information content (AvgIpc) is 3.17. The Morgan fingerprint density at radius 3 is 2.28 bits per heavy atom. The summed E-state index contributed by atoms with van der Waals surface area (Å²) in [6.07, 6.45) is 3.43. The van der Waals surface area contributed by atoms with Crippen molar-refractivity contribution in [2.24, 2.45) is 0 Å². The van der Waals surface area contributed by atoms with Crippen molar-refractivity contribution in [3.63, 3.8) is 0 Å². The molecule has 0 saturated heterocycles. The fourth-order valence-electron chi connectivity index (χ4n) is 2.72. The van der Waals surface area contributed by atoms with Gasteiger partial charge in [0.2, 0.25) is 0 Å². The van der Waals surface area contributed by atoms with Crippen molar-refractivity contribution in [1.29, 1.82) is 0 Å². The molecule has 0 atom stereocenters. The molecule has 0 aliphatic carbocycles. The van der Waals surface area contributed by atoms with Crippen molar-refractivity contribution in [3.05, 3.63) is 88.7 Å². The van der Waals surface area contributed by atoms with Gasteiger partial charge in [0.1, 0.15) is 0 Å². The summed E-state index contributed by atoms with van der Waals surface area (Å²) in [6, 6.07) is 18.0. The van der Waals surface area contributed by atoms with Crippen molar-refractivity contribution in [2.45, 2.75) is 5.16 Å². The fourth-order valence-corrected chi connectivity index (χ4v) is 3.82. The molecule has 29 heavy (non-hydrogen) atoms. The highest BCUT2D eigenvalue weighted by Crippen LogP contribution is 2.28. The highest BCUT2D eigenvalue weighted by atomic mass is 35.5. The lowest BCUT2D eigenvalue weighted by Gasteiger charge is -2.10. The van der Waals surface area contributed by atoms with E-state index in [9.17, 15) is 4.79 Å². The molecule has 0 unspecified atom stereocenters. The van der Waals surface area contributed by atoms with Gasteiger partial charge in [0.15, 0.2) is 16.8 Å². The highest BCUT2D eigenvalue weighted by Gasteiger charge is 2.18. The van der Waals surface area contributed by atoms with Crippen molar-refractivity contribution < 1.29 is 4.79 Å². The summed E-state index contributed by atoms with van der Waals surface area (Å²) in [7, 11) is 0. The third-order valence-electron chi connectivity index (χ3n) is 4.14. The third kappa shape index (κ3) is 4.50. The third-order valence-corrected chi connectivity index (χ3v) is 5.57. The summed E-state index contributed by atoms with van der Waals surface area (Å²) in [4.78, 5) is 16.7. The van der Waals surface area contributed by atoms with E-state index in [1.807, 2.05) is 28.8 Å². The molecule has 2 aromatic carbocycles. The van der Waals surface area contributed by atoms with Crippen LogP contribution in [-0.4, -0.2) is 31.3 Å². The van der Waals surface area contributed by atoms with Gasteiger partial charge in [-0.1, -0.05) is 35.0 Å². The number of pyridine rings is 1. The summed E-state index contributed by atoms with van der Waals surface area (Å²) in [5.41, 5.74) is 2.28. The zero-order valence-electron chi connectivity index (χ0n) is 15.0. The Hall–Kier alpha value is -2.67. The Morgan fingerprint density at radius 1 is 0.931 bits per heavy atom. The van der Waals surface area contributed by atoms with Crippen LogP contribution in [0.25, 0.3) is 17.1 Å². The first-order valence-electron chi connectivity index (χ1n) is 8.65. The number of benzene rings is 2. The molecular weight excluding hydrogens is 427 g/mol. The summed E-state index contributed by atoms with van der Waals surface area (Å²) < 4.78 is 1.90. The Kier molecular flexibility index (Phi) is 5.94. The molecule has 0 spiro atoms. The van der Waals surface area contributed by atoms with Crippen molar-refractivity contribution in [3.8, 4) is 17.1 Å². The summed E-state index contributed by atoms with van der Waals surface area (Å²) in [6.45, 7) is 0. The number of aromatic nitrogens is 4. The van der Waals surface area contributed by atoms with Crippen LogP contribution in [0.5, 0.6) is 0 Å². The SMILES string of the molecule is O=C(CSc1nnc(-c2cccnc2)n1-c1ccc(Cl)cc1)c1ccc(Cl)cc1. The predicted octanol–water partition coefficient (Wildman–Crippen LogP) is 5.61. The maximum Gasteiger partial charge on any atom is 0.196 e. The second-order valence-corrected chi connectivity index (χ2v) is 7.89. The molecule has 0 fully saturated rings. The Morgan fingerprint density at radius 2 is 1.62 bits per heavy atom. The maximum atomic E-state index is 12.5. The normalized spacial score (nSPS) is 10.8. The number of rotatable bonds is 6. The van der Waals surface area contributed by atoms with Gasteiger partial charge in [-0.25, -0.2) is 0 Å². The second kappa shape index (κ2) is 8.78. The van der Waals surface area contributed by atoms with Gasteiger partial charge in [-0.15, -0.1) is 10.2 Å². The van der Waals surface area contributed by atoms with Crippen LogP contribution in [-0.2, 0) is 0 Å². The molecule has 5 nitrogen and oxygen atoms in total. The number of carbonyl (C=O) groups excluding carboxylic acids is 1. The lowest BCUT2D eigenvalue weighted by Crippen LogP contribution is -2.05. The Balaban J connectivity index is 1.66.